The van der Waals surface area contributed by atoms with E-state index in [2.05, 4.69) is 6.58 Å². The second-order valence-electron chi connectivity index (χ2n) is 5.39. The van der Waals surface area contributed by atoms with Crippen LogP contribution in [0.1, 0.15) is 39.0 Å². The van der Waals surface area contributed by atoms with E-state index in [4.69, 9.17) is 9.47 Å². The summed E-state index contributed by atoms with van der Waals surface area (Å²) in [5, 5.41) is 0. The molecule has 2 aliphatic carbocycles. The maximum absolute atomic E-state index is 12.1. The van der Waals surface area contributed by atoms with E-state index in [-0.39, 0.29) is 23.9 Å². The van der Waals surface area contributed by atoms with Crippen molar-refractivity contribution in [3.63, 3.8) is 0 Å². The summed E-state index contributed by atoms with van der Waals surface area (Å²) in [4.78, 5) is 12.1. The summed E-state index contributed by atoms with van der Waals surface area (Å²) in [7, 11) is 0. The highest BCUT2D eigenvalue weighted by Crippen LogP contribution is 2.49. The summed E-state index contributed by atoms with van der Waals surface area (Å²) in [6, 6.07) is 0. The summed E-state index contributed by atoms with van der Waals surface area (Å²) < 4.78 is 11.7. The molecule has 1 heterocycles. The zero-order chi connectivity index (χ0) is 12.7. The topological polar surface area (TPSA) is 35.5 Å². The first-order valence-corrected chi connectivity index (χ1v) is 6.94. The molecule has 0 spiro atoms. The fraction of sp³-hybridized carbons (Fsp3) is 0.667. The number of hydrogen-bond acceptors (Lipinski definition) is 3. The zero-order valence-corrected chi connectivity index (χ0v) is 10.9. The van der Waals surface area contributed by atoms with Crippen LogP contribution in [0.5, 0.6) is 0 Å². The zero-order valence-electron chi connectivity index (χ0n) is 10.9. The molecular weight excluding hydrogens is 228 g/mol. The van der Waals surface area contributed by atoms with Crippen LogP contribution in [-0.4, -0.2) is 18.7 Å². The summed E-state index contributed by atoms with van der Waals surface area (Å²) in [6.07, 6.45) is 4.39. The summed E-state index contributed by atoms with van der Waals surface area (Å²) in [5.41, 5.74) is 2.11. The van der Waals surface area contributed by atoms with Gasteiger partial charge >= 0.3 is 0 Å². The van der Waals surface area contributed by atoms with Gasteiger partial charge in [0.05, 0.1) is 0 Å². The molecule has 0 saturated heterocycles. The quantitative estimate of drug-likeness (QED) is 0.705. The Balaban J connectivity index is 1.98. The van der Waals surface area contributed by atoms with E-state index in [1.165, 1.54) is 5.57 Å². The van der Waals surface area contributed by atoms with E-state index in [0.717, 1.165) is 37.0 Å². The standard InChI is InChI=1S/C15H20O3/c1-3-17-15-10-6-4-5-9(2)13(10)14-11(16)7-8-12(14)18-15/h10,13,15H,2-8H2,1H3. The molecule has 3 heteroatoms. The van der Waals surface area contributed by atoms with Gasteiger partial charge in [0.15, 0.2) is 5.78 Å². The SMILES string of the molecule is C=C1CCCC2C(OCC)OC3=C(C(=O)CC3)C12. The van der Waals surface area contributed by atoms with Crippen LogP contribution < -0.4 is 0 Å². The highest BCUT2D eigenvalue weighted by atomic mass is 16.7. The van der Waals surface area contributed by atoms with Crippen LogP contribution in [0, 0.1) is 11.8 Å². The van der Waals surface area contributed by atoms with Crippen LogP contribution in [0.15, 0.2) is 23.5 Å². The molecule has 3 nitrogen and oxygen atoms in total. The third kappa shape index (κ3) is 1.72. The van der Waals surface area contributed by atoms with Gasteiger partial charge in [0.1, 0.15) is 5.76 Å². The van der Waals surface area contributed by atoms with Crippen LogP contribution in [0.25, 0.3) is 0 Å². The number of rotatable bonds is 2. The first-order chi connectivity index (χ1) is 8.72. The third-order valence-electron chi connectivity index (χ3n) is 4.33. The second kappa shape index (κ2) is 4.54. The Labute approximate surface area is 108 Å². The molecule has 0 amide bonds. The maximum atomic E-state index is 12.1. The van der Waals surface area contributed by atoms with Gasteiger partial charge in [0, 0.05) is 36.9 Å². The van der Waals surface area contributed by atoms with Gasteiger partial charge in [-0.3, -0.25) is 4.79 Å². The number of carbonyl (C=O) groups excluding carboxylic acids is 1. The van der Waals surface area contributed by atoms with Crippen molar-refractivity contribution in [2.24, 2.45) is 11.8 Å². The average molecular weight is 248 g/mol. The Bertz CT molecular complexity index is 421. The molecule has 1 aliphatic heterocycles. The Morgan fingerprint density at radius 2 is 2.22 bits per heavy atom. The molecule has 3 unspecified atom stereocenters. The summed E-state index contributed by atoms with van der Waals surface area (Å²) in [5.74, 6) is 1.61. The molecule has 0 aromatic heterocycles. The lowest BCUT2D eigenvalue weighted by atomic mass is 9.70. The lowest BCUT2D eigenvalue weighted by Gasteiger charge is -2.42. The smallest absolute Gasteiger partial charge is 0.203 e. The number of Topliss-reactive ketones (excluding diaryl/α,β-unsaturated/α-hetero) is 1. The van der Waals surface area contributed by atoms with Crippen molar-refractivity contribution in [2.75, 3.05) is 6.61 Å². The lowest BCUT2D eigenvalue weighted by Crippen LogP contribution is -2.41. The minimum atomic E-state index is -0.179. The van der Waals surface area contributed by atoms with Crippen molar-refractivity contribution in [3.8, 4) is 0 Å². The average Bonchev–Trinajstić information content (AvgIpc) is 2.72. The van der Waals surface area contributed by atoms with E-state index in [0.29, 0.717) is 13.0 Å². The van der Waals surface area contributed by atoms with E-state index in [9.17, 15) is 4.79 Å². The molecule has 1 fully saturated rings. The van der Waals surface area contributed by atoms with Gasteiger partial charge in [-0.2, -0.15) is 0 Å². The number of ether oxygens (including phenoxy) is 2. The molecule has 0 aromatic carbocycles. The van der Waals surface area contributed by atoms with Crippen molar-refractivity contribution in [3.05, 3.63) is 23.5 Å². The van der Waals surface area contributed by atoms with E-state index in [1.807, 2.05) is 6.92 Å². The van der Waals surface area contributed by atoms with Crippen molar-refractivity contribution < 1.29 is 14.3 Å². The Morgan fingerprint density at radius 3 is 3.00 bits per heavy atom. The van der Waals surface area contributed by atoms with Crippen molar-refractivity contribution in [1.29, 1.82) is 0 Å². The molecule has 3 rings (SSSR count). The predicted molar refractivity (Wildman–Crippen MR) is 67.7 cm³/mol. The van der Waals surface area contributed by atoms with Crippen LogP contribution in [0.3, 0.4) is 0 Å². The maximum Gasteiger partial charge on any atom is 0.203 e. The van der Waals surface area contributed by atoms with Gasteiger partial charge in [-0.05, 0) is 26.2 Å². The number of fused-ring (bicyclic) bond motifs is 2. The molecule has 0 N–H and O–H groups in total. The molecule has 0 aromatic rings. The van der Waals surface area contributed by atoms with Gasteiger partial charge in [-0.15, -0.1) is 0 Å². The molecular formula is C15H20O3. The fourth-order valence-electron chi connectivity index (χ4n) is 3.57. The van der Waals surface area contributed by atoms with Crippen LogP contribution >= 0.6 is 0 Å². The molecule has 18 heavy (non-hydrogen) atoms. The van der Waals surface area contributed by atoms with E-state index >= 15 is 0 Å². The van der Waals surface area contributed by atoms with Crippen molar-refractivity contribution >= 4 is 5.78 Å². The monoisotopic (exact) mass is 248 g/mol. The summed E-state index contributed by atoms with van der Waals surface area (Å²) >= 11 is 0. The molecule has 3 atom stereocenters. The summed E-state index contributed by atoms with van der Waals surface area (Å²) in [6.45, 7) is 6.83. The van der Waals surface area contributed by atoms with Crippen molar-refractivity contribution in [2.45, 2.75) is 45.3 Å². The number of carbonyl (C=O) groups is 1. The molecule has 3 aliphatic rings. The first kappa shape index (κ1) is 12.0. The van der Waals surface area contributed by atoms with E-state index < -0.39 is 0 Å². The second-order valence-corrected chi connectivity index (χ2v) is 5.39. The molecule has 1 saturated carbocycles. The van der Waals surface area contributed by atoms with Crippen LogP contribution in [0.4, 0.5) is 0 Å². The normalized spacial score (nSPS) is 35.3. The van der Waals surface area contributed by atoms with Gasteiger partial charge in [-0.25, -0.2) is 0 Å². The highest BCUT2D eigenvalue weighted by molar-refractivity contribution is 5.99. The highest BCUT2D eigenvalue weighted by Gasteiger charge is 2.47. The third-order valence-corrected chi connectivity index (χ3v) is 4.33. The fourth-order valence-corrected chi connectivity index (χ4v) is 3.57. The van der Waals surface area contributed by atoms with Crippen LogP contribution in [0.2, 0.25) is 0 Å². The molecule has 98 valence electrons. The minimum Gasteiger partial charge on any atom is -0.469 e. The molecule has 0 bridgehead atoms. The van der Waals surface area contributed by atoms with Gasteiger partial charge in [-0.1, -0.05) is 12.2 Å². The van der Waals surface area contributed by atoms with E-state index in [1.54, 1.807) is 0 Å². The van der Waals surface area contributed by atoms with Gasteiger partial charge in [0.2, 0.25) is 6.29 Å². The number of allylic oxidation sites excluding steroid dienone is 3. The Morgan fingerprint density at radius 1 is 1.39 bits per heavy atom. The van der Waals surface area contributed by atoms with Crippen molar-refractivity contribution in [1.82, 2.24) is 0 Å². The minimum absolute atomic E-state index is 0.179. The number of ketones is 1. The molecule has 0 radical (unpaired) electrons. The Kier molecular flexibility index (Phi) is 3.02. The van der Waals surface area contributed by atoms with Gasteiger partial charge in [0.25, 0.3) is 0 Å². The predicted octanol–water partition coefficient (Wildman–Crippen LogP) is 2.97. The largest absolute Gasteiger partial charge is 0.469 e. The lowest BCUT2D eigenvalue weighted by molar-refractivity contribution is -0.168. The van der Waals surface area contributed by atoms with Crippen LogP contribution in [-0.2, 0) is 14.3 Å². The Hall–Kier alpha value is -1.09. The number of hydrogen-bond donors (Lipinski definition) is 0. The first-order valence-electron chi connectivity index (χ1n) is 6.94. The van der Waals surface area contributed by atoms with Gasteiger partial charge < -0.3 is 9.47 Å².